The molecule has 0 unspecified atom stereocenters. The van der Waals surface area contributed by atoms with E-state index in [9.17, 15) is 25.3 Å². The highest BCUT2D eigenvalue weighted by atomic mass is 79.9. The number of nitriles is 1. The number of phenols is 1. The lowest BCUT2D eigenvalue weighted by molar-refractivity contribution is -0.385. The Bertz CT molecular complexity index is 746. The maximum absolute atomic E-state index is 12.5. The van der Waals surface area contributed by atoms with Gasteiger partial charge in [0, 0.05) is 29.2 Å². The summed E-state index contributed by atoms with van der Waals surface area (Å²) in [6, 6.07) is 4.41. The maximum Gasteiger partial charge on any atom is 0.312 e. The summed E-state index contributed by atoms with van der Waals surface area (Å²) >= 11 is 3.12. The molecule has 126 valence electrons. The average Bonchev–Trinajstić information content (AvgIpc) is 2.55. The van der Waals surface area contributed by atoms with E-state index in [0.29, 0.717) is 23.5 Å². The van der Waals surface area contributed by atoms with Crippen molar-refractivity contribution in [1.82, 2.24) is 4.90 Å². The van der Waals surface area contributed by atoms with Crippen molar-refractivity contribution in [2.75, 3.05) is 13.1 Å². The van der Waals surface area contributed by atoms with Crippen LogP contribution in [0.15, 0.2) is 22.2 Å². The Labute approximate surface area is 147 Å². The fraction of sp³-hybridized carbons (Fsp3) is 0.375. The number of halogens is 1. The number of nitro groups is 1. The molecule has 7 nitrogen and oxygen atoms in total. The number of piperidine rings is 1. The van der Waals surface area contributed by atoms with Gasteiger partial charge in [-0.05, 0) is 30.9 Å². The Morgan fingerprint density at radius 2 is 2.12 bits per heavy atom. The quantitative estimate of drug-likeness (QED) is 0.367. The molecule has 2 rings (SSSR count). The number of benzene rings is 1. The average molecular weight is 394 g/mol. The monoisotopic (exact) mass is 393 g/mol. The number of nitrogens with zero attached hydrogens (tertiary/aromatic N) is 3. The summed E-state index contributed by atoms with van der Waals surface area (Å²) in [6.07, 6.45) is 2.93. The van der Waals surface area contributed by atoms with Gasteiger partial charge in [0.2, 0.25) is 5.75 Å². The number of phenolic OH excluding ortho intramolecular Hbond substituents is 1. The molecule has 8 heteroatoms. The Balaban J connectivity index is 2.36. The predicted octanol–water partition coefficient (Wildman–Crippen LogP) is 3.23. The largest absolute Gasteiger partial charge is 0.502 e. The van der Waals surface area contributed by atoms with E-state index >= 15 is 0 Å². The minimum atomic E-state index is -0.725. The molecule has 1 fully saturated rings. The summed E-state index contributed by atoms with van der Waals surface area (Å²) in [6.45, 7) is 3.26. The standard InChI is InChI=1S/C16H16BrN3O4/c1-10-2-4-19(5-3-10)16(22)12(9-18)6-11-7-13(17)8-14(15(11)21)20(23)24/h6-8,10,21H,2-5H2,1H3. The van der Waals surface area contributed by atoms with E-state index < -0.39 is 22.3 Å². The Hall–Kier alpha value is -2.40. The van der Waals surface area contributed by atoms with Gasteiger partial charge in [0.1, 0.15) is 11.6 Å². The van der Waals surface area contributed by atoms with Crippen LogP contribution in [-0.2, 0) is 4.79 Å². The van der Waals surface area contributed by atoms with E-state index in [2.05, 4.69) is 22.9 Å². The van der Waals surface area contributed by atoms with Crippen LogP contribution in [0.3, 0.4) is 0 Å². The number of likely N-dealkylation sites (tertiary alicyclic amines) is 1. The zero-order valence-corrected chi connectivity index (χ0v) is 14.6. The molecule has 1 aliphatic rings. The van der Waals surface area contributed by atoms with Crippen LogP contribution in [0.25, 0.3) is 6.08 Å². The number of carbonyl (C=O) groups excluding carboxylic acids is 1. The molecule has 1 aromatic rings. The number of carbonyl (C=O) groups is 1. The first kappa shape index (κ1) is 17.9. The molecule has 0 aromatic heterocycles. The highest BCUT2D eigenvalue weighted by molar-refractivity contribution is 9.10. The van der Waals surface area contributed by atoms with Crippen molar-refractivity contribution in [2.24, 2.45) is 5.92 Å². The third-order valence-corrected chi connectivity index (χ3v) is 4.46. The summed E-state index contributed by atoms with van der Waals surface area (Å²) in [5.41, 5.74) is -0.606. The van der Waals surface area contributed by atoms with Crippen LogP contribution in [0.5, 0.6) is 5.75 Å². The molecule has 1 aliphatic heterocycles. The summed E-state index contributed by atoms with van der Waals surface area (Å²) in [4.78, 5) is 24.3. The van der Waals surface area contributed by atoms with E-state index in [1.807, 2.05) is 6.07 Å². The first-order valence-corrected chi connectivity index (χ1v) is 8.20. The fourth-order valence-corrected chi connectivity index (χ4v) is 3.00. The molecule has 24 heavy (non-hydrogen) atoms. The molecule has 0 spiro atoms. The predicted molar refractivity (Wildman–Crippen MR) is 91.0 cm³/mol. The number of hydrogen-bond acceptors (Lipinski definition) is 5. The lowest BCUT2D eigenvalue weighted by atomic mass is 9.98. The Morgan fingerprint density at radius 3 is 2.67 bits per heavy atom. The molecule has 0 aliphatic carbocycles. The summed E-state index contributed by atoms with van der Waals surface area (Å²) in [5.74, 6) is -0.456. The second-order valence-corrected chi connectivity index (χ2v) is 6.68. The lowest BCUT2D eigenvalue weighted by Crippen LogP contribution is -2.38. The lowest BCUT2D eigenvalue weighted by Gasteiger charge is -2.30. The van der Waals surface area contributed by atoms with Gasteiger partial charge in [-0.3, -0.25) is 14.9 Å². The molecule has 0 saturated carbocycles. The van der Waals surface area contributed by atoms with E-state index in [0.717, 1.165) is 18.9 Å². The molecule has 0 atom stereocenters. The Morgan fingerprint density at radius 1 is 1.50 bits per heavy atom. The van der Waals surface area contributed by atoms with Crippen LogP contribution in [0.1, 0.15) is 25.3 Å². The third-order valence-electron chi connectivity index (χ3n) is 4.00. The zero-order chi connectivity index (χ0) is 17.9. The highest BCUT2D eigenvalue weighted by Crippen LogP contribution is 2.34. The van der Waals surface area contributed by atoms with E-state index in [4.69, 9.17) is 0 Å². The first-order valence-electron chi connectivity index (χ1n) is 7.41. The molecule has 1 amide bonds. The molecule has 1 saturated heterocycles. The van der Waals surface area contributed by atoms with Gasteiger partial charge in [-0.2, -0.15) is 5.26 Å². The molecule has 0 radical (unpaired) electrons. The number of amides is 1. The van der Waals surface area contributed by atoms with E-state index in [1.165, 1.54) is 12.1 Å². The van der Waals surface area contributed by atoms with Gasteiger partial charge in [-0.25, -0.2) is 0 Å². The fourth-order valence-electron chi connectivity index (χ4n) is 2.53. The summed E-state index contributed by atoms with van der Waals surface area (Å²) in [5, 5.41) is 30.3. The van der Waals surface area contributed by atoms with Crippen molar-refractivity contribution in [3.05, 3.63) is 37.9 Å². The van der Waals surface area contributed by atoms with Gasteiger partial charge in [-0.1, -0.05) is 22.9 Å². The minimum Gasteiger partial charge on any atom is -0.502 e. The molecule has 1 aromatic carbocycles. The number of nitro benzene ring substituents is 1. The third kappa shape index (κ3) is 3.92. The van der Waals surface area contributed by atoms with E-state index in [1.54, 1.807) is 4.90 Å². The smallest absolute Gasteiger partial charge is 0.312 e. The van der Waals surface area contributed by atoms with Crippen molar-refractivity contribution >= 4 is 33.6 Å². The second kappa shape index (κ2) is 7.45. The van der Waals surface area contributed by atoms with Crippen molar-refractivity contribution in [3.8, 4) is 11.8 Å². The van der Waals surface area contributed by atoms with Gasteiger partial charge in [0.15, 0.2) is 0 Å². The van der Waals surface area contributed by atoms with Crippen molar-refractivity contribution in [1.29, 1.82) is 5.26 Å². The van der Waals surface area contributed by atoms with Gasteiger partial charge < -0.3 is 10.0 Å². The number of hydrogen-bond donors (Lipinski definition) is 1. The maximum atomic E-state index is 12.5. The van der Waals surface area contributed by atoms with Gasteiger partial charge in [0.25, 0.3) is 5.91 Å². The zero-order valence-electron chi connectivity index (χ0n) is 13.0. The van der Waals surface area contributed by atoms with Crippen LogP contribution < -0.4 is 0 Å². The highest BCUT2D eigenvalue weighted by Gasteiger charge is 2.24. The van der Waals surface area contributed by atoms with Crippen LogP contribution >= 0.6 is 15.9 Å². The van der Waals surface area contributed by atoms with E-state index in [-0.39, 0.29) is 11.1 Å². The normalized spacial score (nSPS) is 15.9. The first-order chi connectivity index (χ1) is 11.3. The van der Waals surface area contributed by atoms with Crippen LogP contribution in [0.4, 0.5) is 5.69 Å². The van der Waals surface area contributed by atoms with Crippen LogP contribution in [0, 0.1) is 27.4 Å². The van der Waals surface area contributed by atoms with Crippen LogP contribution in [-0.4, -0.2) is 33.9 Å². The van der Waals surface area contributed by atoms with Gasteiger partial charge in [-0.15, -0.1) is 0 Å². The second-order valence-electron chi connectivity index (χ2n) is 5.76. The molecule has 1 heterocycles. The van der Waals surface area contributed by atoms with Gasteiger partial charge >= 0.3 is 5.69 Å². The molecule has 1 N–H and O–H groups in total. The SMILES string of the molecule is CC1CCN(C(=O)C(C#N)=Cc2cc(Br)cc([N+](=O)[O-])c2O)CC1. The van der Waals surface area contributed by atoms with Crippen molar-refractivity contribution in [2.45, 2.75) is 19.8 Å². The number of aromatic hydroxyl groups is 1. The van der Waals surface area contributed by atoms with Crippen LogP contribution in [0.2, 0.25) is 0 Å². The minimum absolute atomic E-state index is 0.0475. The van der Waals surface area contributed by atoms with Crippen molar-refractivity contribution < 1.29 is 14.8 Å². The summed E-state index contributed by atoms with van der Waals surface area (Å²) < 4.78 is 0.370. The molecular weight excluding hydrogens is 378 g/mol. The topological polar surface area (TPSA) is 107 Å². The number of rotatable bonds is 3. The Kier molecular flexibility index (Phi) is 5.57. The molecular formula is C16H16BrN3O4. The molecule has 0 bridgehead atoms. The summed E-state index contributed by atoms with van der Waals surface area (Å²) in [7, 11) is 0. The van der Waals surface area contributed by atoms with Gasteiger partial charge in [0.05, 0.1) is 4.92 Å². The van der Waals surface area contributed by atoms with Crippen molar-refractivity contribution in [3.63, 3.8) is 0 Å².